The Labute approximate surface area is 267 Å². The van der Waals surface area contributed by atoms with Gasteiger partial charge in [0.15, 0.2) is 0 Å². The summed E-state index contributed by atoms with van der Waals surface area (Å²) in [5, 5.41) is 20.8. The Balaban J connectivity index is 1.56. The fraction of sp³-hybridized carbons (Fsp3) is 0.343. The van der Waals surface area contributed by atoms with Crippen molar-refractivity contribution in [1.29, 1.82) is 0 Å². The molecule has 0 saturated heterocycles. The number of hydrogen-bond donors (Lipinski definition) is 3. The molecule has 3 amide bonds. The Kier molecular flexibility index (Phi) is 10.8. The van der Waals surface area contributed by atoms with Crippen LogP contribution in [0.25, 0.3) is 11.1 Å². The molecule has 3 aromatic rings. The lowest BCUT2D eigenvalue weighted by atomic mass is 9.98. The number of ether oxygens (including phenoxy) is 1. The van der Waals surface area contributed by atoms with Crippen LogP contribution in [0.4, 0.5) is 4.79 Å². The van der Waals surface area contributed by atoms with Gasteiger partial charge in [-0.1, -0.05) is 92.7 Å². The Morgan fingerprint density at radius 3 is 1.87 bits per heavy atom. The largest absolute Gasteiger partial charge is 0.481 e. The highest BCUT2D eigenvalue weighted by atomic mass is 16.6. The SMILES string of the molecule is CC(C)[C@@H](C(=O)N[C@@H](CC(=O)O)C(=O)O)N(C)C(=O)[C@H](Cc1ccccc1)N(C)C(=O)OCC1c2ccccc2-c2ccccc21. The summed E-state index contributed by atoms with van der Waals surface area (Å²) < 4.78 is 5.84. The summed E-state index contributed by atoms with van der Waals surface area (Å²) >= 11 is 0. The van der Waals surface area contributed by atoms with E-state index in [2.05, 4.69) is 5.32 Å². The first-order valence-corrected chi connectivity index (χ1v) is 15.0. The maximum Gasteiger partial charge on any atom is 0.410 e. The number of carbonyl (C=O) groups is 5. The van der Waals surface area contributed by atoms with E-state index in [4.69, 9.17) is 9.84 Å². The number of carbonyl (C=O) groups excluding carboxylic acids is 3. The minimum absolute atomic E-state index is 0.0520. The van der Waals surface area contributed by atoms with E-state index in [1.165, 1.54) is 23.9 Å². The summed E-state index contributed by atoms with van der Waals surface area (Å²) in [5.41, 5.74) is 5.02. The number of benzene rings is 3. The molecular formula is C35H39N3O8. The molecule has 0 saturated carbocycles. The van der Waals surface area contributed by atoms with Crippen molar-refractivity contribution >= 4 is 29.8 Å². The van der Waals surface area contributed by atoms with E-state index in [9.17, 15) is 29.1 Å². The average molecular weight is 630 g/mol. The third-order valence-corrected chi connectivity index (χ3v) is 8.31. The molecule has 46 heavy (non-hydrogen) atoms. The number of aliphatic carboxylic acids is 2. The highest BCUT2D eigenvalue weighted by molar-refractivity contribution is 5.94. The first-order valence-electron chi connectivity index (χ1n) is 15.0. The standard InChI is InChI=1S/C35H39N3O8/c1-21(2)31(32(41)36-28(34(43)44)19-30(39)40)38(4)33(42)29(18-22-12-6-5-7-13-22)37(3)35(45)46-20-27-25-16-10-8-14-23(25)24-15-9-11-17-26(24)27/h5-17,21,27-29,31H,18-20H2,1-4H3,(H,36,41)(H,39,40)(H,43,44)/t28-,29-,31-/m0/s1. The smallest absolute Gasteiger partial charge is 0.410 e. The third-order valence-electron chi connectivity index (χ3n) is 8.31. The Hall–Kier alpha value is -5.19. The molecule has 0 unspecified atom stereocenters. The molecule has 0 radical (unpaired) electrons. The lowest BCUT2D eigenvalue weighted by molar-refractivity contribution is -0.149. The number of nitrogens with zero attached hydrogens (tertiary/aromatic N) is 2. The number of hydrogen-bond acceptors (Lipinski definition) is 6. The summed E-state index contributed by atoms with van der Waals surface area (Å²) in [6.07, 6.45) is -1.43. The summed E-state index contributed by atoms with van der Waals surface area (Å²) in [6.45, 7) is 3.42. The van der Waals surface area contributed by atoms with Crippen LogP contribution in [0.2, 0.25) is 0 Å². The van der Waals surface area contributed by atoms with Crippen molar-refractivity contribution in [3.05, 3.63) is 95.6 Å². The van der Waals surface area contributed by atoms with Gasteiger partial charge in [0.2, 0.25) is 11.8 Å². The van der Waals surface area contributed by atoms with Crippen LogP contribution in [0.3, 0.4) is 0 Å². The van der Waals surface area contributed by atoms with E-state index < -0.39 is 60.3 Å². The maximum atomic E-state index is 14.1. The highest BCUT2D eigenvalue weighted by Crippen LogP contribution is 2.44. The van der Waals surface area contributed by atoms with Crippen molar-refractivity contribution in [3.63, 3.8) is 0 Å². The highest BCUT2D eigenvalue weighted by Gasteiger charge is 2.39. The number of rotatable bonds is 13. The number of carboxylic acid groups (broad SMARTS) is 2. The molecule has 3 aromatic carbocycles. The molecule has 0 aromatic heterocycles. The molecular weight excluding hydrogens is 590 g/mol. The first-order chi connectivity index (χ1) is 21.9. The van der Waals surface area contributed by atoms with E-state index in [0.717, 1.165) is 27.8 Å². The Bertz CT molecular complexity index is 1550. The molecule has 0 bridgehead atoms. The summed E-state index contributed by atoms with van der Waals surface area (Å²) in [4.78, 5) is 66.2. The van der Waals surface area contributed by atoms with Gasteiger partial charge >= 0.3 is 18.0 Å². The fourth-order valence-corrected chi connectivity index (χ4v) is 5.98. The van der Waals surface area contributed by atoms with Gasteiger partial charge in [-0.25, -0.2) is 9.59 Å². The van der Waals surface area contributed by atoms with Crippen LogP contribution in [0.5, 0.6) is 0 Å². The first kappa shape index (κ1) is 33.7. The van der Waals surface area contributed by atoms with Crippen LogP contribution in [0.15, 0.2) is 78.9 Å². The van der Waals surface area contributed by atoms with E-state index in [0.29, 0.717) is 0 Å². The van der Waals surface area contributed by atoms with Gasteiger partial charge in [0.05, 0.1) is 6.42 Å². The Morgan fingerprint density at radius 1 is 0.804 bits per heavy atom. The quantitative estimate of drug-likeness (QED) is 0.256. The van der Waals surface area contributed by atoms with Crippen LogP contribution in [-0.2, 0) is 30.3 Å². The third kappa shape index (κ3) is 7.53. The molecule has 242 valence electrons. The Morgan fingerprint density at radius 2 is 1.35 bits per heavy atom. The predicted molar refractivity (Wildman–Crippen MR) is 170 cm³/mol. The summed E-state index contributed by atoms with van der Waals surface area (Å²) in [6, 6.07) is 21.1. The van der Waals surface area contributed by atoms with Gasteiger partial charge in [0.25, 0.3) is 0 Å². The lowest BCUT2D eigenvalue weighted by Gasteiger charge is -2.36. The van der Waals surface area contributed by atoms with Gasteiger partial charge in [0.1, 0.15) is 24.7 Å². The van der Waals surface area contributed by atoms with Crippen LogP contribution < -0.4 is 5.32 Å². The van der Waals surface area contributed by atoms with Crippen LogP contribution in [0, 0.1) is 5.92 Å². The van der Waals surface area contributed by atoms with Crippen molar-refractivity contribution in [1.82, 2.24) is 15.1 Å². The number of amides is 3. The molecule has 11 heteroatoms. The molecule has 3 N–H and O–H groups in total. The minimum atomic E-state index is -1.68. The van der Waals surface area contributed by atoms with Crippen LogP contribution in [-0.4, -0.2) is 88.7 Å². The van der Waals surface area contributed by atoms with E-state index in [1.807, 2.05) is 78.9 Å². The van der Waals surface area contributed by atoms with Crippen LogP contribution >= 0.6 is 0 Å². The monoisotopic (exact) mass is 629 g/mol. The zero-order valence-corrected chi connectivity index (χ0v) is 26.3. The van der Waals surface area contributed by atoms with Gasteiger partial charge in [-0.15, -0.1) is 0 Å². The van der Waals surface area contributed by atoms with Gasteiger partial charge in [0, 0.05) is 26.4 Å². The number of likely N-dealkylation sites (N-methyl/N-ethyl adjacent to an activating group) is 2. The van der Waals surface area contributed by atoms with Crippen molar-refractivity contribution in [2.45, 2.75) is 50.7 Å². The number of fused-ring (bicyclic) bond motifs is 3. The molecule has 0 heterocycles. The van der Waals surface area contributed by atoms with E-state index >= 15 is 0 Å². The zero-order valence-electron chi connectivity index (χ0n) is 26.3. The van der Waals surface area contributed by atoms with E-state index in [1.54, 1.807) is 13.8 Å². The average Bonchev–Trinajstić information content (AvgIpc) is 3.35. The van der Waals surface area contributed by atoms with Crippen LogP contribution in [0.1, 0.15) is 42.9 Å². The number of carboxylic acids is 2. The lowest BCUT2D eigenvalue weighted by Crippen LogP contribution is -2.58. The molecule has 0 spiro atoms. The summed E-state index contributed by atoms with van der Waals surface area (Å²) in [5.74, 6) is -4.96. The van der Waals surface area contributed by atoms with Gasteiger partial charge < -0.3 is 25.2 Å². The summed E-state index contributed by atoms with van der Waals surface area (Å²) in [7, 11) is 2.87. The molecule has 1 aliphatic carbocycles. The molecule has 0 aliphatic heterocycles. The zero-order chi connectivity index (χ0) is 33.5. The van der Waals surface area contributed by atoms with Gasteiger partial charge in [-0.3, -0.25) is 19.3 Å². The van der Waals surface area contributed by atoms with Crippen molar-refractivity contribution in [2.24, 2.45) is 5.92 Å². The fourth-order valence-electron chi connectivity index (χ4n) is 5.98. The predicted octanol–water partition coefficient (Wildman–Crippen LogP) is 4.01. The second kappa shape index (κ2) is 14.7. The van der Waals surface area contributed by atoms with Crippen molar-refractivity contribution < 1.29 is 38.9 Å². The van der Waals surface area contributed by atoms with Gasteiger partial charge in [-0.2, -0.15) is 0 Å². The van der Waals surface area contributed by atoms with Gasteiger partial charge in [-0.05, 0) is 33.7 Å². The normalized spacial score (nSPS) is 13.9. The van der Waals surface area contributed by atoms with Crippen molar-refractivity contribution in [2.75, 3.05) is 20.7 Å². The van der Waals surface area contributed by atoms with E-state index in [-0.39, 0.29) is 18.9 Å². The van der Waals surface area contributed by atoms with Crippen molar-refractivity contribution in [3.8, 4) is 11.1 Å². The molecule has 3 atom stereocenters. The minimum Gasteiger partial charge on any atom is -0.481 e. The molecule has 11 nitrogen and oxygen atoms in total. The molecule has 0 fully saturated rings. The second-order valence-corrected chi connectivity index (χ2v) is 11.8. The topological polar surface area (TPSA) is 154 Å². The molecule has 1 aliphatic rings. The molecule has 4 rings (SSSR count). The maximum absolute atomic E-state index is 14.1. The second-order valence-electron chi connectivity index (χ2n) is 11.8. The number of nitrogens with one attached hydrogen (secondary N) is 1.